The molecule has 3 heterocycles. The molecule has 0 spiro atoms. The summed E-state index contributed by atoms with van der Waals surface area (Å²) < 4.78 is 13.2. The molecule has 1 aliphatic heterocycles. The first kappa shape index (κ1) is 19.3. The predicted molar refractivity (Wildman–Crippen MR) is 118 cm³/mol. The molecular weight excluding hydrogens is 405 g/mol. The van der Waals surface area contributed by atoms with Crippen molar-refractivity contribution in [3.63, 3.8) is 0 Å². The van der Waals surface area contributed by atoms with Crippen LogP contribution in [-0.2, 0) is 5.54 Å². The first-order chi connectivity index (χ1) is 15.5. The summed E-state index contributed by atoms with van der Waals surface area (Å²) in [6, 6.07) is 11.8. The molecule has 162 valence electrons. The smallest absolute Gasteiger partial charge is 0.252 e. The molecule has 6 nitrogen and oxygen atoms in total. The van der Waals surface area contributed by atoms with Crippen molar-refractivity contribution in [1.29, 1.82) is 0 Å². The number of pyridine rings is 1. The number of rotatable bonds is 4. The van der Waals surface area contributed by atoms with Crippen molar-refractivity contribution < 1.29 is 9.18 Å². The molecule has 3 aromatic rings. The minimum absolute atomic E-state index is 0.193. The molecule has 1 aromatic carbocycles. The van der Waals surface area contributed by atoms with Crippen molar-refractivity contribution in [2.45, 2.75) is 44.1 Å². The zero-order valence-corrected chi connectivity index (χ0v) is 17.9. The number of carbonyl (C=O) groups is 1. The lowest BCUT2D eigenvalue weighted by Crippen LogP contribution is -2.42. The van der Waals surface area contributed by atoms with Gasteiger partial charge >= 0.3 is 0 Å². The van der Waals surface area contributed by atoms with Gasteiger partial charge in [0.1, 0.15) is 17.5 Å². The highest BCUT2D eigenvalue weighted by Crippen LogP contribution is 2.52. The summed E-state index contributed by atoms with van der Waals surface area (Å²) in [5.41, 5.74) is 3.16. The molecule has 2 fully saturated rings. The van der Waals surface area contributed by atoms with E-state index in [-0.39, 0.29) is 11.7 Å². The molecule has 2 saturated carbocycles. The number of hydrogen-bond acceptors (Lipinski definition) is 5. The van der Waals surface area contributed by atoms with Gasteiger partial charge in [0.25, 0.3) is 5.91 Å². The highest BCUT2D eigenvalue weighted by Gasteiger charge is 2.49. The Hall–Kier alpha value is -3.35. The average Bonchev–Trinajstić information content (AvgIpc) is 3.54. The summed E-state index contributed by atoms with van der Waals surface area (Å²) in [6.45, 7) is 2.85. The number of hydrogen-bond donors (Lipinski definition) is 1. The van der Waals surface area contributed by atoms with E-state index in [9.17, 15) is 9.18 Å². The van der Waals surface area contributed by atoms with E-state index in [1.807, 2.05) is 19.1 Å². The van der Waals surface area contributed by atoms with Gasteiger partial charge in [0, 0.05) is 24.2 Å². The van der Waals surface area contributed by atoms with Crippen molar-refractivity contribution >= 4 is 17.4 Å². The number of halogens is 1. The Morgan fingerprint density at radius 2 is 1.91 bits per heavy atom. The van der Waals surface area contributed by atoms with E-state index in [1.54, 1.807) is 6.20 Å². The van der Waals surface area contributed by atoms with Gasteiger partial charge in [0.05, 0.1) is 22.6 Å². The number of fused-ring (bicyclic) bond motifs is 3. The summed E-state index contributed by atoms with van der Waals surface area (Å²) in [5.74, 6) is 2.16. The first-order valence-corrected chi connectivity index (χ1v) is 11.2. The molecule has 0 radical (unpaired) electrons. The third-order valence-electron chi connectivity index (χ3n) is 7.12. The van der Waals surface area contributed by atoms with Crippen LogP contribution in [0.5, 0.6) is 0 Å². The second kappa shape index (κ2) is 7.08. The van der Waals surface area contributed by atoms with Crippen LogP contribution in [0.4, 0.5) is 15.9 Å². The summed E-state index contributed by atoms with van der Waals surface area (Å²) in [5, 5.41) is 3.16. The van der Waals surface area contributed by atoms with Gasteiger partial charge in [0.2, 0.25) is 0 Å². The first-order valence-electron chi connectivity index (χ1n) is 11.2. The van der Waals surface area contributed by atoms with Gasteiger partial charge in [-0.15, -0.1) is 0 Å². The number of amides is 1. The van der Waals surface area contributed by atoms with Crippen molar-refractivity contribution in [3.8, 4) is 0 Å². The normalized spacial score (nSPS) is 22.4. The van der Waals surface area contributed by atoms with Crippen molar-refractivity contribution in [1.82, 2.24) is 20.3 Å². The van der Waals surface area contributed by atoms with Crippen LogP contribution in [0.15, 0.2) is 48.7 Å². The number of aromatic nitrogens is 3. The van der Waals surface area contributed by atoms with Crippen molar-refractivity contribution in [2.75, 3.05) is 11.4 Å². The summed E-state index contributed by atoms with van der Waals surface area (Å²) in [4.78, 5) is 29.1. The number of anilines is 2. The number of aryl methyl sites for hydroxylation is 1. The highest BCUT2D eigenvalue weighted by molar-refractivity contribution is 5.95. The lowest BCUT2D eigenvalue weighted by Gasteiger charge is -2.46. The predicted octanol–water partition coefficient (Wildman–Crippen LogP) is 4.38. The number of nitrogens with zero attached hydrogens (tertiary/aromatic N) is 4. The van der Waals surface area contributed by atoms with E-state index in [0.717, 1.165) is 54.5 Å². The monoisotopic (exact) mass is 429 g/mol. The van der Waals surface area contributed by atoms with Crippen LogP contribution in [0.3, 0.4) is 0 Å². The lowest BCUT2D eigenvalue weighted by molar-refractivity contribution is 0.0929. The van der Waals surface area contributed by atoms with Crippen LogP contribution in [0, 0.1) is 18.7 Å². The second-order valence-electron chi connectivity index (χ2n) is 9.16. The van der Waals surface area contributed by atoms with E-state index < -0.39 is 5.54 Å². The number of nitrogens with one attached hydrogen (secondary N) is 1. The van der Waals surface area contributed by atoms with Crippen LogP contribution in [-0.4, -0.2) is 27.4 Å². The molecule has 0 saturated heterocycles. The van der Waals surface area contributed by atoms with Gasteiger partial charge in [-0.05, 0) is 81.0 Å². The number of carbonyl (C=O) groups excluding carboxylic acids is 1. The maximum Gasteiger partial charge on any atom is 0.252 e. The lowest BCUT2D eigenvalue weighted by atomic mass is 9.69. The molecule has 1 amide bonds. The van der Waals surface area contributed by atoms with Crippen LogP contribution in [0.1, 0.15) is 59.2 Å². The number of benzene rings is 1. The topological polar surface area (TPSA) is 71.0 Å². The highest BCUT2D eigenvalue weighted by atomic mass is 19.1. The molecule has 2 aliphatic carbocycles. The maximum absolute atomic E-state index is 13.2. The SMILES string of the molecule is Cc1nccc(N2C[C@H]3CC[C@H]3c3nc(C4(NC(=O)c5ccc(F)cc5)CC4)ccc32)n1. The Kier molecular flexibility index (Phi) is 4.28. The molecule has 0 bridgehead atoms. The maximum atomic E-state index is 13.2. The fourth-order valence-electron chi connectivity index (χ4n) is 4.99. The van der Waals surface area contributed by atoms with Crippen LogP contribution in [0.2, 0.25) is 0 Å². The fourth-order valence-corrected chi connectivity index (χ4v) is 4.99. The molecular formula is C25H24FN5O. The molecule has 6 rings (SSSR count). The molecule has 0 unspecified atom stereocenters. The van der Waals surface area contributed by atoms with Gasteiger partial charge in [-0.3, -0.25) is 9.78 Å². The zero-order valence-electron chi connectivity index (χ0n) is 17.9. The summed E-state index contributed by atoms with van der Waals surface area (Å²) >= 11 is 0. The van der Waals surface area contributed by atoms with E-state index >= 15 is 0 Å². The van der Waals surface area contributed by atoms with Gasteiger partial charge in [-0.2, -0.15) is 0 Å². The van der Waals surface area contributed by atoms with E-state index in [2.05, 4.69) is 26.3 Å². The summed E-state index contributed by atoms with van der Waals surface area (Å²) in [6.07, 6.45) is 5.86. The van der Waals surface area contributed by atoms with Crippen LogP contribution < -0.4 is 10.2 Å². The Balaban J connectivity index is 1.32. The molecule has 1 N–H and O–H groups in total. The van der Waals surface area contributed by atoms with E-state index in [0.29, 0.717) is 17.4 Å². The van der Waals surface area contributed by atoms with Crippen LogP contribution in [0.25, 0.3) is 0 Å². The molecule has 32 heavy (non-hydrogen) atoms. The zero-order chi connectivity index (χ0) is 21.9. The Bertz CT molecular complexity index is 1210. The standard InChI is InChI=1S/C25H24FN5O/c1-15-27-13-10-22(28-15)31-14-17-4-7-19(17)23-20(31)8-9-21(29-23)25(11-12-25)30-24(32)16-2-5-18(26)6-3-16/h2-3,5-6,8-10,13,17,19H,4,7,11-12,14H2,1H3,(H,30,32)/t17-,19-/m1/s1. The minimum atomic E-state index is -0.437. The summed E-state index contributed by atoms with van der Waals surface area (Å²) in [7, 11) is 0. The van der Waals surface area contributed by atoms with Gasteiger partial charge in [-0.25, -0.2) is 14.4 Å². The average molecular weight is 429 g/mol. The molecule has 3 aliphatic rings. The van der Waals surface area contributed by atoms with Crippen molar-refractivity contribution in [3.05, 3.63) is 77.3 Å². The van der Waals surface area contributed by atoms with Crippen molar-refractivity contribution in [2.24, 2.45) is 5.92 Å². The van der Waals surface area contributed by atoms with E-state index in [4.69, 9.17) is 4.98 Å². The largest absolute Gasteiger partial charge is 0.341 e. The molecule has 2 atom stereocenters. The van der Waals surface area contributed by atoms with Gasteiger partial charge in [-0.1, -0.05) is 0 Å². The Morgan fingerprint density at radius 1 is 1.09 bits per heavy atom. The van der Waals surface area contributed by atoms with Gasteiger partial charge in [0.15, 0.2) is 0 Å². The Labute approximate surface area is 185 Å². The Morgan fingerprint density at radius 3 is 2.59 bits per heavy atom. The fraction of sp³-hybridized carbons (Fsp3) is 0.360. The second-order valence-corrected chi connectivity index (χ2v) is 9.16. The minimum Gasteiger partial charge on any atom is -0.341 e. The van der Waals surface area contributed by atoms with Gasteiger partial charge < -0.3 is 10.2 Å². The van der Waals surface area contributed by atoms with E-state index in [1.165, 1.54) is 30.7 Å². The third-order valence-corrected chi connectivity index (χ3v) is 7.12. The quantitative estimate of drug-likeness (QED) is 0.666. The molecule has 7 heteroatoms. The molecule has 2 aromatic heterocycles. The third kappa shape index (κ3) is 3.15. The van der Waals surface area contributed by atoms with Crippen LogP contribution >= 0.6 is 0 Å².